The summed E-state index contributed by atoms with van der Waals surface area (Å²) in [5.41, 5.74) is 6.89. The molecule has 0 spiro atoms. The predicted molar refractivity (Wildman–Crippen MR) is 190 cm³/mol. The molecule has 2 amide bonds. The smallest absolute Gasteiger partial charge is 0.220 e. The standard InChI is InChI=1S/C38H38Cl2FN5O3/c1-49-38-23(18-42-19-25-9-12-34(47)43-25)8-11-33(45-38)30-7-3-6-29(37(30)40)28-5-2-4-27(36(28)39)24-16-22-14-15-46(21-31(22)32(41)17-24)20-26-10-13-35(48)44-26/h2-8,11,16-17,25-26,42H,9-10,12-15,18-21H2,1H3,(H,43,47)(H,44,48)/t25-,26-/m1/s1. The Morgan fingerprint density at radius 2 is 1.57 bits per heavy atom. The minimum Gasteiger partial charge on any atom is -0.481 e. The van der Waals surface area contributed by atoms with Gasteiger partial charge in [0.15, 0.2) is 0 Å². The molecule has 8 nitrogen and oxygen atoms in total. The zero-order valence-corrected chi connectivity index (χ0v) is 28.8. The second kappa shape index (κ2) is 14.5. The van der Waals surface area contributed by atoms with E-state index in [1.54, 1.807) is 13.2 Å². The average Bonchev–Trinajstić information content (AvgIpc) is 3.72. The Bertz CT molecular complexity index is 1920. The van der Waals surface area contributed by atoms with E-state index in [1.807, 2.05) is 54.6 Å². The molecule has 4 aromatic rings. The van der Waals surface area contributed by atoms with Crippen LogP contribution in [0.4, 0.5) is 4.39 Å². The molecule has 3 aliphatic rings. The van der Waals surface area contributed by atoms with Gasteiger partial charge in [-0.15, -0.1) is 0 Å². The molecule has 0 saturated carbocycles. The van der Waals surface area contributed by atoms with Crippen LogP contribution in [0.5, 0.6) is 5.88 Å². The summed E-state index contributed by atoms with van der Waals surface area (Å²) in [6.07, 6.45) is 3.50. The van der Waals surface area contributed by atoms with Gasteiger partial charge in [0.1, 0.15) is 5.82 Å². The Balaban J connectivity index is 1.11. The number of halogens is 3. The summed E-state index contributed by atoms with van der Waals surface area (Å²) in [6, 6.07) is 19.2. The summed E-state index contributed by atoms with van der Waals surface area (Å²) >= 11 is 14.2. The Morgan fingerprint density at radius 1 is 0.898 bits per heavy atom. The van der Waals surface area contributed by atoms with E-state index in [0.717, 1.165) is 71.3 Å². The first-order valence-corrected chi connectivity index (χ1v) is 17.5. The number of rotatable bonds is 10. The molecule has 254 valence electrons. The van der Waals surface area contributed by atoms with Crippen LogP contribution in [0.2, 0.25) is 10.0 Å². The van der Waals surface area contributed by atoms with E-state index in [0.29, 0.717) is 59.7 Å². The molecular weight excluding hydrogens is 664 g/mol. The van der Waals surface area contributed by atoms with E-state index < -0.39 is 0 Å². The molecule has 0 unspecified atom stereocenters. The lowest BCUT2D eigenvalue weighted by molar-refractivity contribution is -0.120. The third-order valence-electron chi connectivity index (χ3n) is 9.73. The number of hydrogen-bond acceptors (Lipinski definition) is 6. The minimum atomic E-state index is -0.252. The van der Waals surface area contributed by atoms with Crippen molar-refractivity contribution in [3.05, 3.63) is 93.2 Å². The summed E-state index contributed by atoms with van der Waals surface area (Å²) in [5.74, 6) is 0.424. The molecule has 2 atom stereocenters. The van der Waals surface area contributed by atoms with Crippen molar-refractivity contribution in [2.45, 2.75) is 57.3 Å². The number of aromatic nitrogens is 1. The van der Waals surface area contributed by atoms with Gasteiger partial charge in [-0.05, 0) is 42.5 Å². The van der Waals surface area contributed by atoms with Crippen LogP contribution in [-0.4, -0.2) is 60.5 Å². The van der Waals surface area contributed by atoms with Gasteiger partial charge in [0.2, 0.25) is 17.7 Å². The highest BCUT2D eigenvalue weighted by molar-refractivity contribution is 6.39. The molecule has 7 rings (SSSR count). The summed E-state index contributed by atoms with van der Waals surface area (Å²) in [6.45, 7) is 3.26. The molecule has 11 heteroatoms. The van der Waals surface area contributed by atoms with Crippen LogP contribution in [0.1, 0.15) is 42.4 Å². The lowest BCUT2D eigenvalue weighted by Crippen LogP contribution is -2.41. The van der Waals surface area contributed by atoms with Gasteiger partial charge in [0, 0.05) is 91.0 Å². The molecule has 3 aliphatic heterocycles. The van der Waals surface area contributed by atoms with Gasteiger partial charge in [-0.2, -0.15) is 0 Å². The molecule has 2 saturated heterocycles. The topological polar surface area (TPSA) is 95.6 Å². The van der Waals surface area contributed by atoms with E-state index in [2.05, 4.69) is 20.9 Å². The van der Waals surface area contributed by atoms with Crippen molar-refractivity contribution < 1.29 is 18.7 Å². The van der Waals surface area contributed by atoms with Gasteiger partial charge in [-0.1, -0.05) is 71.7 Å². The maximum Gasteiger partial charge on any atom is 0.220 e. The monoisotopic (exact) mass is 701 g/mol. The van der Waals surface area contributed by atoms with Gasteiger partial charge in [-0.25, -0.2) is 9.37 Å². The molecule has 3 N–H and O–H groups in total. The number of nitrogens with one attached hydrogen (secondary N) is 3. The number of hydrogen-bond donors (Lipinski definition) is 3. The van der Waals surface area contributed by atoms with Crippen LogP contribution in [0.3, 0.4) is 0 Å². The fourth-order valence-electron chi connectivity index (χ4n) is 7.15. The Morgan fingerprint density at radius 3 is 2.27 bits per heavy atom. The third-order valence-corrected chi connectivity index (χ3v) is 10.5. The number of benzene rings is 3. The normalized spacial score (nSPS) is 19.1. The zero-order chi connectivity index (χ0) is 34.1. The first-order valence-electron chi connectivity index (χ1n) is 16.7. The molecule has 3 aromatic carbocycles. The summed E-state index contributed by atoms with van der Waals surface area (Å²) in [4.78, 5) is 30.1. The van der Waals surface area contributed by atoms with Crippen LogP contribution in [-0.2, 0) is 29.1 Å². The SMILES string of the molecule is COc1nc(-c2cccc(-c3cccc(-c4cc(F)c5c(c4)CCN(C[C@H]4CCC(=O)N4)C5)c3Cl)c2Cl)ccc1CNC[C@H]1CCC(=O)N1. The first-order chi connectivity index (χ1) is 23.8. The van der Waals surface area contributed by atoms with E-state index >= 15 is 4.39 Å². The third kappa shape index (κ3) is 7.17. The number of carbonyl (C=O) groups is 2. The van der Waals surface area contributed by atoms with E-state index in [-0.39, 0.29) is 29.7 Å². The molecule has 0 bridgehead atoms. The Kier molecular flexibility index (Phi) is 9.87. The minimum absolute atomic E-state index is 0.0916. The van der Waals surface area contributed by atoms with E-state index in [4.69, 9.17) is 32.9 Å². The van der Waals surface area contributed by atoms with Gasteiger partial charge in [0.05, 0.1) is 22.8 Å². The van der Waals surface area contributed by atoms with Crippen molar-refractivity contribution in [1.82, 2.24) is 25.8 Å². The first kappa shape index (κ1) is 33.5. The number of ether oxygens (including phenoxy) is 1. The molecule has 1 aromatic heterocycles. The average molecular weight is 703 g/mol. The van der Waals surface area contributed by atoms with E-state index in [9.17, 15) is 9.59 Å². The van der Waals surface area contributed by atoms with Crippen LogP contribution < -0.4 is 20.7 Å². The maximum absolute atomic E-state index is 15.7. The van der Waals surface area contributed by atoms with Gasteiger partial charge in [-0.3, -0.25) is 14.5 Å². The molecule has 4 heterocycles. The van der Waals surface area contributed by atoms with Gasteiger partial charge < -0.3 is 20.7 Å². The quantitative estimate of drug-likeness (QED) is 0.174. The highest BCUT2D eigenvalue weighted by Crippen LogP contribution is 2.43. The lowest BCUT2D eigenvalue weighted by atomic mass is 9.92. The number of amides is 2. The zero-order valence-electron chi connectivity index (χ0n) is 27.3. The van der Waals surface area contributed by atoms with Gasteiger partial charge in [0.25, 0.3) is 0 Å². The highest BCUT2D eigenvalue weighted by atomic mass is 35.5. The lowest BCUT2D eigenvalue weighted by Gasteiger charge is -2.31. The van der Waals surface area contributed by atoms with Crippen molar-refractivity contribution in [3.63, 3.8) is 0 Å². The van der Waals surface area contributed by atoms with Crippen LogP contribution in [0.25, 0.3) is 33.5 Å². The highest BCUT2D eigenvalue weighted by Gasteiger charge is 2.27. The number of fused-ring (bicyclic) bond motifs is 1. The molecule has 2 fully saturated rings. The van der Waals surface area contributed by atoms with Gasteiger partial charge >= 0.3 is 0 Å². The maximum atomic E-state index is 15.7. The Hall–Kier alpha value is -4.02. The van der Waals surface area contributed by atoms with Crippen molar-refractivity contribution in [3.8, 4) is 39.4 Å². The molecule has 0 aliphatic carbocycles. The molecule has 0 radical (unpaired) electrons. The van der Waals surface area contributed by atoms with Crippen molar-refractivity contribution in [2.24, 2.45) is 0 Å². The fourth-order valence-corrected chi connectivity index (χ4v) is 7.82. The van der Waals surface area contributed by atoms with E-state index in [1.165, 1.54) is 0 Å². The largest absolute Gasteiger partial charge is 0.481 e. The number of methoxy groups -OCH3 is 1. The predicted octanol–water partition coefficient (Wildman–Crippen LogP) is 6.54. The number of carbonyl (C=O) groups excluding carboxylic acids is 2. The Labute approximate surface area is 295 Å². The molecule has 49 heavy (non-hydrogen) atoms. The fraction of sp³-hybridized carbons (Fsp3) is 0.342. The summed E-state index contributed by atoms with van der Waals surface area (Å²) < 4.78 is 21.3. The number of pyridine rings is 1. The van der Waals surface area contributed by atoms with Crippen molar-refractivity contribution >= 4 is 35.0 Å². The summed E-state index contributed by atoms with van der Waals surface area (Å²) in [7, 11) is 1.59. The molecular formula is C38H38Cl2FN5O3. The number of nitrogens with zero attached hydrogens (tertiary/aromatic N) is 2. The van der Waals surface area contributed by atoms with Crippen LogP contribution >= 0.6 is 23.2 Å². The van der Waals surface area contributed by atoms with Crippen LogP contribution in [0.15, 0.2) is 60.7 Å². The second-order valence-corrected chi connectivity index (χ2v) is 13.8. The second-order valence-electron chi connectivity index (χ2n) is 13.0. The summed E-state index contributed by atoms with van der Waals surface area (Å²) in [5, 5.41) is 10.4. The van der Waals surface area contributed by atoms with Crippen LogP contribution in [0, 0.1) is 5.82 Å². The van der Waals surface area contributed by atoms with Crippen molar-refractivity contribution in [1.29, 1.82) is 0 Å². The van der Waals surface area contributed by atoms with Crippen molar-refractivity contribution in [2.75, 3.05) is 26.7 Å².